The largest absolute Gasteiger partial charge is 0.478 e. The molecule has 0 unspecified atom stereocenters. The molecule has 0 amide bonds. The van der Waals surface area contributed by atoms with E-state index in [4.69, 9.17) is 5.11 Å². The molecular weight excluding hydrogens is 222 g/mol. The summed E-state index contributed by atoms with van der Waals surface area (Å²) in [6.45, 7) is 2.01. The van der Waals surface area contributed by atoms with Crippen molar-refractivity contribution in [2.24, 2.45) is 0 Å². The second-order valence-electron chi connectivity index (χ2n) is 3.26. The molecule has 0 spiro atoms. The van der Waals surface area contributed by atoms with Crippen molar-refractivity contribution < 1.29 is 9.90 Å². The molecule has 2 aromatic rings. The molecule has 0 bridgehead atoms. The summed E-state index contributed by atoms with van der Waals surface area (Å²) in [6.07, 6.45) is 1.43. The van der Waals surface area contributed by atoms with Gasteiger partial charge in [0.05, 0.1) is 11.1 Å². The van der Waals surface area contributed by atoms with Gasteiger partial charge in [0, 0.05) is 16.5 Å². The van der Waals surface area contributed by atoms with E-state index < -0.39 is 5.97 Å². The fourth-order valence-electron chi connectivity index (χ4n) is 1.57. The number of hydrogen-bond acceptors (Lipinski definition) is 3. The van der Waals surface area contributed by atoms with Crippen LogP contribution in [0.5, 0.6) is 0 Å². The van der Waals surface area contributed by atoms with Crippen LogP contribution in [0.25, 0.3) is 10.9 Å². The molecule has 1 N–H and O–H groups in total. The minimum Gasteiger partial charge on any atom is -0.478 e. The van der Waals surface area contributed by atoms with Crippen molar-refractivity contribution in [1.82, 2.24) is 4.98 Å². The Morgan fingerprint density at radius 2 is 2.19 bits per heavy atom. The van der Waals surface area contributed by atoms with Crippen molar-refractivity contribution in [3.63, 3.8) is 0 Å². The summed E-state index contributed by atoms with van der Waals surface area (Å²) >= 11 is 1.54. The number of aromatic carboxylic acids is 1. The minimum absolute atomic E-state index is 0.283. The summed E-state index contributed by atoms with van der Waals surface area (Å²) < 4.78 is 0. The molecule has 0 saturated carbocycles. The molecule has 1 aromatic carbocycles. The number of pyridine rings is 1. The number of benzene rings is 1. The number of thioether (sulfide) groups is 1. The van der Waals surface area contributed by atoms with E-state index in [2.05, 4.69) is 4.98 Å². The summed E-state index contributed by atoms with van der Waals surface area (Å²) in [4.78, 5) is 16.0. The molecule has 1 aromatic heterocycles. The number of nitrogens with zero attached hydrogens (tertiary/aromatic N) is 1. The van der Waals surface area contributed by atoms with Crippen molar-refractivity contribution in [3.8, 4) is 0 Å². The zero-order chi connectivity index (χ0) is 11.5. The van der Waals surface area contributed by atoms with Crippen LogP contribution in [0.15, 0.2) is 35.4 Å². The Balaban J connectivity index is 2.73. The van der Waals surface area contributed by atoms with Gasteiger partial charge in [0.25, 0.3) is 0 Å². The van der Waals surface area contributed by atoms with Crippen molar-refractivity contribution in [3.05, 3.63) is 36.0 Å². The van der Waals surface area contributed by atoms with Crippen molar-refractivity contribution in [2.45, 2.75) is 11.8 Å². The highest BCUT2D eigenvalue weighted by Gasteiger charge is 2.13. The molecule has 3 nitrogen and oxygen atoms in total. The van der Waals surface area contributed by atoms with Gasteiger partial charge in [-0.15, -0.1) is 11.8 Å². The number of hydrogen-bond donors (Lipinski definition) is 1. The zero-order valence-corrected chi connectivity index (χ0v) is 9.62. The molecule has 0 aliphatic heterocycles. The Hall–Kier alpha value is -1.55. The molecule has 16 heavy (non-hydrogen) atoms. The molecule has 1 heterocycles. The highest BCUT2D eigenvalue weighted by molar-refractivity contribution is 7.99. The lowest BCUT2D eigenvalue weighted by atomic mass is 10.1. The van der Waals surface area contributed by atoms with Crippen LogP contribution in [0.4, 0.5) is 0 Å². The van der Waals surface area contributed by atoms with Gasteiger partial charge in [-0.1, -0.05) is 25.1 Å². The molecule has 0 saturated heterocycles. The number of rotatable bonds is 3. The van der Waals surface area contributed by atoms with Crippen LogP contribution in [0, 0.1) is 0 Å². The summed E-state index contributed by atoms with van der Waals surface area (Å²) in [5, 5.41) is 10.0. The number of aromatic nitrogens is 1. The van der Waals surface area contributed by atoms with Crippen LogP contribution in [-0.4, -0.2) is 21.8 Å². The van der Waals surface area contributed by atoms with E-state index in [0.29, 0.717) is 0 Å². The van der Waals surface area contributed by atoms with Gasteiger partial charge in [-0.25, -0.2) is 4.79 Å². The van der Waals surface area contributed by atoms with E-state index >= 15 is 0 Å². The molecule has 0 radical (unpaired) electrons. The van der Waals surface area contributed by atoms with E-state index in [1.165, 1.54) is 18.0 Å². The smallest absolute Gasteiger partial charge is 0.338 e. The summed E-state index contributed by atoms with van der Waals surface area (Å²) in [5.41, 5.74) is 1.12. The van der Waals surface area contributed by atoms with Gasteiger partial charge < -0.3 is 5.11 Å². The third-order valence-electron chi connectivity index (χ3n) is 2.25. The molecule has 0 aliphatic carbocycles. The number of carbonyl (C=O) groups is 1. The second kappa shape index (κ2) is 4.53. The third kappa shape index (κ3) is 1.88. The van der Waals surface area contributed by atoms with E-state index in [1.807, 2.05) is 31.2 Å². The van der Waals surface area contributed by atoms with Crippen molar-refractivity contribution >= 4 is 28.6 Å². The fourth-order valence-corrected chi connectivity index (χ4v) is 2.48. The lowest BCUT2D eigenvalue weighted by Gasteiger charge is -2.07. The molecule has 0 atom stereocenters. The number of carboxylic acids is 1. The Bertz CT molecular complexity index is 540. The summed E-state index contributed by atoms with van der Waals surface area (Å²) in [5.74, 6) is -0.0805. The van der Waals surface area contributed by atoms with Gasteiger partial charge in [-0.05, 0) is 11.8 Å². The fraction of sp³-hybridized carbons (Fsp3) is 0.167. The SMILES string of the molecule is CCSc1c(C(=O)O)cnc2ccccc12. The Kier molecular flexibility index (Phi) is 3.10. The van der Waals surface area contributed by atoms with Gasteiger partial charge in [-0.2, -0.15) is 0 Å². The first-order valence-electron chi connectivity index (χ1n) is 4.98. The van der Waals surface area contributed by atoms with Crippen molar-refractivity contribution in [2.75, 3.05) is 5.75 Å². The van der Waals surface area contributed by atoms with Crippen LogP contribution in [0.1, 0.15) is 17.3 Å². The molecule has 82 valence electrons. The lowest BCUT2D eigenvalue weighted by Crippen LogP contribution is -2.01. The number of fused-ring (bicyclic) bond motifs is 1. The molecule has 2 rings (SSSR count). The first-order chi connectivity index (χ1) is 7.74. The van der Waals surface area contributed by atoms with Crippen LogP contribution in [-0.2, 0) is 0 Å². The van der Waals surface area contributed by atoms with Gasteiger partial charge in [0.2, 0.25) is 0 Å². The molecule has 0 aliphatic rings. The van der Waals surface area contributed by atoms with E-state index in [0.717, 1.165) is 21.6 Å². The first kappa shape index (κ1) is 11.0. The maximum Gasteiger partial charge on any atom is 0.338 e. The monoisotopic (exact) mass is 233 g/mol. The number of carboxylic acid groups (broad SMARTS) is 1. The standard InChI is InChI=1S/C12H11NO2S/c1-2-16-11-8-5-3-4-6-10(8)13-7-9(11)12(14)15/h3-7H,2H2,1H3,(H,14,15). The average Bonchev–Trinajstić information content (AvgIpc) is 2.29. The highest BCUT2D eigenvalue weighted by Crippen LogP contribution is 2.30. The Morgan fingerprint density at radius 3 is 2.88 bits per heavy atom. The predicted octanol–water partition coefficient (Wildman–Crippen LogP) is 3.05. The van der Waals surface area contributed by atoms with Crippen molar-refractivity contribution in [1.29, 1.82) is 0 Å². The Morgan fingerprint density at radius 1 is 1.44 bits per heavy atom. The molecular formula is C12H11NO2S. The van der Waals surface area contributed by atoms with E-state index in [9.17, 15) is 4.79 Å². The van der Waals surface area contributed by atoms with E-state index in [1.54, 1.807) is 0 Å². The number of para-hydroxylation sites is 1. The van der Waals surface area contributed by atoms with Gasteiger partial charge in [0.1, 0.15) is 0 Å². The van der Waals surface area contributed by atoms with Gasteiger partial charge in [-0.3, -0.25) is 4.98 Å². The third-order valence-corrected chi connectivity index (χ3v) is 3.26. The minimum atomic E-state index is -0.922. The highest BCUT2D eigenvalue weighted by atomic mass is 32.2. The average molecular weight is 233 g/mol. The molecule has 0 fully saturated rings. The van der Waals surface area contributed by atoms with Crippen LogP contribution >= 0.6 is 11.8 Å². The topological polar surface area (TPSA) is 50.2 Å². The van der Waals surface area contributed by atoms with Gasteiger partial charge >= 0.3 is 5.97 Å². The van der Waals surface area contributed by atoms with E-state index in [-0.39, 0.29) is 5.56 Å². The van der Waals surface area contributed by atoms with Crippen LogP contribution in [0.3, 0.4) is 0 Å². The second-order valence-corrected chi connectivity index (χ2v) is 4.53. The maximum atomic E-state index is 11.1. The first-order valence-corrected chi connectivity index (χ1v) is 5.96. The summed E-state index contributed by atoms with van der Waals surface area (Å²) in [7, 11) is 0. The summed E-state index contributed by atoms with van der Waals surface area (Å²) in [6, 6.07) is 7.60. The lowest BCUT2D eigenvalue weighted by molar-refractivity contribution is 0.0693. The Labute approximate surface area is 97.5 Å². The normalized spacial score (nSPS) is 10.6. The van der Waals surface area contributed by atoms with Crippen LogP contribution in [0.2, 0.25) is 0 Å². The predicted molar refractivity (Wildman–Crippen MR) is 65.1 cm³/mol. The quantitative estimate of drug-likeness (QED) is 0.828. The molecule has 4 heteroatoms. The maximum absolute atomic E-state index is 11.1. The van der Waals surface area contributed by atoms with Crippen LogP contribution < -0.4 is 0 Å². The zero-order valence-electron chi connectivity index (χ0n) is 8.80. The van der Waals surface area contributed by atoms with Gasteiger partial charge in [0.15, 0.2) is 0 Å².